The van der Waals surface area contributed by atoms with Crippen LogP contribution >= 0.6 is 0 Å². The number of sulfonamides is 1. The zero-order valence-corrected chi connectivity index (χ0v) is 17.7. The average molecular weight is 488 g/mol. The lowest BCUT2D eigenvalue weighted by molar-refractivity contribution is -0.385. The Bertz CT molecular complexity index is 1290. The zero-order chi connectivity index (χ0) is 24.4. The number of aromatic nitrogens is 2. The van der Waals surface area contributed by atoms with Gasteiger partial charge in [-0.1, -0.05) is 11.2 Å². The molecule has 0 saturated carbocycles. The van der Waals surface area contributed by atoms with Crippen molar-refractivity contribution in [3.63, 3.8) is 0 Å². The Balaban J connectivity index is 2.01. The van der Waals surface area contributed by atoms with E-state index in [0.29, 0.717) is 23.1 Å². The number of rotatable bonds is 8. The van der Waals surface area contributed by atoms with Crippen LogP contribution in [0, 0.1) is 10.1 Å². The van der Waals surface area contributed by atoms with Gasteiger partial charge in [0, 0.05) is 30.3 Å². The van der Waals surface area contributed by atoms with Gasteiger partial charge in [0.2, 0.25) is 10.0 Å². The standard InChI is InChI=1S/C18H15F3N4O7S/c1-30-12-5-3-10(14(8-12)31-2)9-22-33(28,29)15-7-11(25(26)27)4-6-13(15)16-23-17(24-32-16)18(19,20)21/h3-8,22H,9H2,1-2H3. The lowest BCUT2D eigenvalue weighted by Crippen LogP contribution is -2.24. The number of non-ortho nitro benzene ring substituents is 1. The molecule has 176 valence electrons. The number of methoxy groups -OCH3 is 2. The number of hydrogen-bond donors (Lipinski definition) is 1. The van der Waals surface area contributed by atoms with Gasteiger partial charge in [0.15, 0.2) is 0 Å². The molecule has 11 nitrogen and oxygen atoms in total. The number of alkyl halides is 3. The fourth-order valence-electron chi connectivity index (χ4n) is 2.72. The second-order valence-electron chi connectivity index (χ2n) is 6.36. The quantitative estimate of drug-likeness (QED) is 0.373. The number of benzene rings is 2. The van der Waals surface area contributed by atoms with Crippen LogP contribution in [0.5, 0.6) is 11.5 Å². The van der Waals surface area contributed by atoms with Crippen molar-refractivity contribution in [3.05, 3.63) is 57.9 Å². The first-order valence-electron chi connectivity index (χ1n) is 8.86. The second kappa shape index (κ2) is 9.03. The van der Waals surface area contributed by atoms with Crippen LogP contribution in [0.15, 0.2) is 45.8 Å². The van der Waals surface area contributed by atoms with Crippen LogP contribution in [-0.4, -0.2) is 37.7 Å². The molecular weight excluding hydrogens is 473 g/mol. The maximum absolute atomic E-state index is 13.0. The molecule has 0 aliphatic carbocycles. The van der Waals surface area contributed by atoms with Gasteiger partial charge in [0.05, 0.1) is 24.7 Å². The van der Waals surface area contributed by atoms with E-state index < -0.39 is 49.0 Å². The summed E-state index contributed by atoms with van der Waals surface area (Å²) < 4.78 is 81.5. The average Bonchev–Trinajstić information content (AvgIpc) is 3.28. The number of nitrogens with zero attached hydrogens (tertiary/aromatic N) is 3. The van der Waals surface area contributed by atoms with Gasteiger partial charge >= 0.3 is 6.18 Å². The van der Waals surface area contributed by atoms with Crippen molar-refractivity contribution in [2.45, 2.75) is 17.6 Å². The number of halogens is 3. The van der Waals surface area contributed by atoms with Crippen molar-refractivity contribution in [3.8, 4) is 23.0 Å². The van der Waals surface area contributed by atoms with Gasteiger partial charge in [-0.25, -0.2) is 13.1 Å². The van der Waals surface area contributed by atoms with E-state index in [-0.39, 0.29) is 6.54 Å². The third-order valence-corrected chi connectivity index (χ3v) is 5.76. The maximum Gasteiger partial charge on any atom is 0.455 e. The van der Waals surface area contributed by atoms with Crippen LogP contribution in [0.2, 0.25) is 0 Å². The number of hydrogen-bond acceptors (Lipinski definition) is 9. The Labute approximate surface area is 184 Å². The molecule has 0 aliphatic rings. The van der Waals surface area contributed by atoms with Gasteiger partial charge in [-0.05, 0) is 12.1 Å². The van der Waals surface area contributed by atoms with E-state index in [0.717, 1.165) is 12.1 Å². The van der Waals surface area contributed by atoms with Crippen molar-refractivity contribution in [2.75, 3.05) is 14.2 Å². The minimum Gasteiger partial charge on any atom is -0.497 e. The molecule has 15 heteroatoms. The molecule has 1 heterocycles. The molecular formula is C18H15F3N4O7S. The monoisotopic (exact) mass is 488 g/mol. The molecule has 0 saturated heterocycles. The first-order valence-corrected chi connectivity index (χ1v) is 10.3. The van der Waals surface area contributed by atoms with Crippen LogP contribution in [-0.2, 0) is 22.7 Å². The fraction of sp³-hybridized carbons (Fsp3) is 0.222. The molecule has 0 bridgehead atoms. The van der Waals surface area contributed by atoms with Crippen LogP contribution in [0.25, 0.3) is 11.5 Å². The highest BCUT2D eigenvalue weighted by atomic mass is 32.2. The van der Waals surface area contributed by atoms with E-state index in [9.17, 15) is 31.7 Å². The molecule has 3 aromatic rings. The van der Waals surface area contributed by atoms with E-state index >= 15 is 0 Å². The second-order valence-corrected chi connectivity index (χ2v) is 8.10. The molecule has 1 N–H and O–H groups in total. The van der Waals surface area contributed by atoms with Crippen LogP contribution < -0.4 is 14.2 Å². The Morgan fingerprint density at radius 1 is 1.15 bits per heavy atom. The third kappa shape index (κ3) is 5.20. The number of nitrogens with one attached hydrogen (secondary N) is 1. The molecule has 0 radical (unpaired) electrons. The van der Waals surface area contributed by atoms with E-state index in [1.165, 1.54) is 26.4 Å². The third-order valence-electron chi connectivity index (χ3n) is 4.32. The predicted molar refractivity (Wildman–Crippen MR) is 105 cm³/mol. The van der Waals surface area contributed by atoms with Gasteiger partial charge in [-0.15, -0.1) is 0 Å². The van der Waals surface area contributed by atoms with Gasteiger partial charge in [-0.3, -0.25) is 10.1 Å². The highest BCUT2D eigenvalue weighted by molar-refractivity contribution is 7.89. The summed E-state index contributed by atoms with van der Waals surface area (Å²) in [5.41, 5.74) is -0.666. The van der Waals surface area contributed by atoms with Gasteiger partial charge in [-0.2, -0.15) is 18.2 Å². The molecule has 0 fully saturated rings. The smallest absolute Gasteiger partial charge is 0.455 e. The van der Waals surface area contributed by atoms with Crippen LogP contribution in [0.3, 0.4) is 0 Å². The van der Waals surface area contributed by atoms with E-state index in [4.69, 9.17) is 9.47 Å². The minimum atomic E-state index is -4.94. The topological polar surface area (TPSA) is 147 Å². The summed E-state index contributed by atoms with van der Waals surface area (Å²) in [7, 11) is -1.72. The molecule has 2 aromatic carbocycles. The minimum absolute atomic E-state index is 0.294. The normalized spacial score (nSPS) is 11.9. The fourth-order valence-corrected chi connectivity index (χ4v) is 3.94. The summed E-state index contributed by atoms with van der Waals surface area (Å²) in [5, 5.41) is 13.9. The highest BCUT2D eigenvalue weighted by Crippen LogP contribution is 2.33. The van der Waals surface area contributed by atoms with Crippen molar-refractivity contribution < 1.29 is 40.5 Å². The van der Waals surface area contributed by atoms with Crippen molar-refractivity contribution in [2.24, 2.45) is 0 Å². The summed E-state index contributed by atoms with van der Waals surface area (Å²) >= 11 is 0. The summed E-state index contributed by atoms with van der Waals surface area (Å²) in [6.07, 6.45) is -4.94. The first kappa shape index (κ1) is 23.9. The molecule has 0 aliphatic heterocycles. The SMILES string of the molecule is COc1ccc(CNS(=O)(=O)c2cc([N+](=O)[O-])ccc2-c2nc(C(F)(F)F)no2)c(OC)c1. The highest BCUT2D eigenvalue weighted by Gasteiger charge is 2.38. The lowest BCUT2D eigenvalue weighted by atomic mass is 10.2. The Hall–Kier alpha value is -3.72. The first-order chi connectivity index (χ1) is 15.5. The Kier molecular flexibility index (Phi) is 6.55. The van der Waals surface area contributed by atoms with E-state index in [1.54, 1.807) is 6.07 Å². The van der Waals surface area contributed by atoms with Crippen molar-refractivity contribution in [1.82, 2.24) is 14.9 Å². The molecule has 1 aromatic heterocycles. The van der Waals surface area contributed by atoms with Crippen molar-refractivity contribution in [1.29, 1.82) is 0 Å². The van der Waals surface area contributed by atoms with E-state index in [1.807, 2.05) is 0 Å². The number of nitro groups is 1. The summed E-state index contributed by atoms with van der Waals surface area (Å²) in [4.78, 5) is 12.7. The van der Waals surface area contributed by atoms with Gasteiger partial charge < -0.3 is 14.0 Å². The molecule has 0 unspecified atom stereocenters. The van der Waals surface area contributed by atoms with E-state index in [2.05, 4.69) is 19.4 Å². The van der Waals surface area contributed by atoms with Crippen LogP contribution in [0.4, 0.5) is 18.9 Å². The predicted octanol–water partition coefficient (Wildman–Crippen LogP) is 3.16. The zero-order valence-electron chi connectivity index (χ0n) is 16.9. The lowest BCUT2D eigenvalue weighted by Gasteiger charge is -2.13. The van der Waals surface area contributed by atoms with Gasteiger partial charge in [0.1, 0.15) is 16.4 Å². The summed E-state index contributed by atoms with van der Waals surface area (Å²) in [6.45, 7) is -0.310. The molecule has 3 rings (SSSR count). The summed E-state index contributed by atoms with van der Waals surface area (Å²) in [5.74, 6) is -1.66. The Morgan fingerprint density at radius 2 is 1.88 bits per heavy atom. The van der Waals surface area contributed by atoms with Crippen LogP contribution in [0.1, 0.15) is 11.4 Å². The Morgan fingerprint density at radius 3 is 2.45 bits per heavy atom. The van der Waals surface area contributed by atoms with Gasteiger partial charge in [0.25, 0.3) is 17.4 Å². The molecule has 0 atom stereocenters. The summed E-state index contributed by atoms with van der Waals surface area (Å²) in [6, 6.07) is 7.09. The largest absolute Gasteiger partial charge is 0.497 e. The molecule has 0 spiro atoms. The number of nitro benzene ring substituents is 1. The van der Waals surface area contributed by atoms with Crippen molar-refractivity contribution >= 4 is 15.7 Å². The maximum atomic E-state index is 13.0. The molecule has 33 heavy (non-hydrogen) atoms. The number of ether oxygens (including phenoxy) is 2. The molecule has 0 amide bonds.